The summed E-state index contributed by atoms with van der Waals surface area (Å²) >= 11 is 0. The molecule has 3 aliphatic heterocycles. The zero-order chi connectivity index (χ0) is 16.9. The van der Waals surface area contributed by atoms with Gasteiger partial charge in [0.25, 0.3) is 0 Å². The maximum absolute atomic E-state index is 13.1. The number of benzene rings is 1. The molecule has 0 bridgehead atoms. The zero-order valence-corrected chi connectivity index (χ0v) is 14.8. The number of fused-ring (bicyclic) bond motifs is 4. The quantitative estimate of drug-likeness (QED) is 0.821. The number of hydrogen-bond donors (Lipinski definition) is 0. The Morgan fingerprint density at radius 2 is 2.00 bits per heavy atom. The van der Waals surface area contributed by atoms with E-state index in [1.165, 1.54) is 11.1 Å². The highest BCUT2D eigenvalue weighted by Crippen LogP contribution is 2.44. The summed E-state index contributed by atoms with van der Waals surface area (Å²) in [5.74, 6) is 0.0957. The summed E-state index contributed by atoms with van der Waals surface area (Å²) in [6.45, 7) is 3.00. The highest BCUT2D eigenvalue weighted by molar-refractivity contribution is 7.89. The molecule has 2 fully saturated rings. The van der Waals surface area contributed by atoms with Gasteiger partial charge >= 0.3 is 0 Å². The fourth-order valence-corrected chi connectivity index (χ4v) is 6.10. The molecule has 3 atom stereocenters. The van der Waals surface area contributed by atoms with Crippen molar-refractivity contribution in [3.8, 4) is 0 Å². The van der Waals surface area contributed by atoms with Crippen molar-refractivity contribution in [3.63, 3.8) is 0 Å². The van der Waals surface area contributed by atoms with E-state index in [9.17, 15) is 13.2 Å². The van der Waals surface area contributed by atoms with E-state index in [1.54, 1.807) is 11.2 Å². The fraction of sp³-hybridized carbons (Fsp3) is 0.611. The molecule has 5 nitrogen and oxygen atoms in total. The summed E-state index contributed by atoms with van der Waals surface area (Å²) in [4.78, 5) is 15.1. The molecule has 0 aliphatic carbocycles. The number of amides is 1. The Kier molecular flexibility index (Phi) is 3.92. The lowest BCUT2D eigenvalue weighted by Gasteiger charge is -2.51. The van der Waals surface area contributed by atoms with E-state index >= 15 is 0 Å². The van der Waals surface area contributed by atoms with Gasteiger partial charge in [-0.1, -0.05) is 24.3 Å². The van der Waals surface area contributed by atoms with E-state index < -0.39 is 10.0 Å². The van der Waals surface area contributed by atoms with Gasteiger partial charge in [-0.3, -0.25) is 4.79 Å². The smallest absolute Gasteiger partial charge is 0.227 e. The molecule has 3 unspecified atom stereocenters. The Morgan fingerprint density at radius 3 is 2.79 bits per heavy atom. The molecule has 3 heterocycles. The molecule has 0 radical (unpaired) electrons. The van der Waals surface area contributed by atoms with Crippen LogP contribution in [0.25, 0.3) is 0 Å². The molecule has 2 saturated heterocycles. The van der Waals surface area contributed by atoms with Crippen LogP contribution in [0.5, 0.6) is 0 Å². The van der Waals surface area contributed by atoms with Crippen LogP contribution in [0.4, 0.5) is 0 Å². The van der Waals surface area contributed by atoms with Crippen LogP contribution in [0.2, 0.25) is 0 Å². The van der Waals surface area contributed by atoms with Crippen molar-refractivity contribution in [3.05, 3.63) is 35.4 Å². The molecule has 0 spiro atoms. The Morgan fingerprint density at radius 1 is 1.21 bits per heavy atom. The first-order chi connectivity index (χ1) is 11.5. The van der Waals surface area contributed by atoms with E-state index in [4.69, 9.17) is 0 Å². The SMILES string of the molecule is CCS(=O)(=O)N1CCCC2C(=O)N3CCc4ccccc4C3CC21. The predicted octanol–water partition coefficient (Wildman–Crippen LogP) is 1.95. The molecule has 4 rings (SSSR count). The third kappa shape index (κ3) is 2.39. The van der Waals surface area contributed by atoms with Crippen LogP contribution in [0.15, 0.2) is 24.3 Å². The summed E-state index contributed by atoms with van der Waals surface area (Å²) in [5, 5.41) is 0. The van der Waals surface area contributed by atoms with Crippen LogP contribution in [-0.4, -0.2) is 48.4 Å². The summed E-state index contributed by atoms with van der Waals surface area (Å²) in [7, 11) is -3.27. The summed E-state index contributed by atoms with van der Waals surface area (Å²) in [6.07, 6.45) is 3.21. The second-order valence-corrected chi connectivity index (χ2v) is 9.27. The summed E-state index contributed by atoms with van der Waals surface area (Å²) < 4.78 is 26.7. The number of carbonyl (C=O) groups excluding carboxylic acids is 1. The monoisotopic (exact) mass is 348 g/mol. The Balaban J connectivity index is 1.73. The van der Waals surface area contributed by atoms with Crippen molar-refractivity contribution < 1.29 is 13.2 Å². The lowest BCUT2D eigenvalue weighted by Crippen LogP contribution is -2.60. The van der Waals surface area contributed by atoms with E-state index in [1.807, 2.05) is 17.0 Å². The van der Waals surface area contributed by atoms with E-state index in [2.05, 4.69) is 12.1 Å². The topological polar surface area (TPSA) is 57.7 Å². The van der Waals surface area contributed by atoms with Gasteiger partial charge in [-0.05, 0) is 43.7 Å². The van der Waals surface area contributed by atoms with E-state index in [0.29, 0.717) is 6.54 Å². The first-order valence-electron chi connectivity index (χ1n) is 8.90. The van der Waals surface area contributed by atoms with Crippen molar-refractivity contribution in [1.29, 1.82) is 0 Å². The molecule has 0 aromatic heterocycles. The second kappa shape index (κ2) is 5.85. The van der Waals surface area contributed by atoms with Gasteiger partial charge in [0.05, 0.1) is 17.7 Å². The number of hydrogen-bond acceptors (Lipinski definition) is 3. The molecular weight excluding hydrogens is 324 g/mol. The normalized spacial score (nSPS) is 30.5. The minimum absolute atomic E-state index is 0.0244. The first kappa shape index (κ1) is 16.1. The Bertz CT molecular complexity index is 761. The minimum atomic E-state index is -3.27. The molecule has 0 saturated carbocycles. The van der Waals surface area contributed by atoms with Crippen LogP contribution in [-0.2, 0) is 21.2 Å². The number of nitrogens with zero attached hydrogens (tertiary/aromatic N) is 2. The van der Waals surface area contributed by atoms with Crippen LogP contribution in [0.1, 0.15) is 43.4 Å². The first-order valence-corrected chi connectivity index (χ1v) is 10.5. The van der Waals surface area contributed by atoms with Crippen molar-refractivity contribution in [2.75, 3.05) is 18.8 Å². The Labute approximate surface area is 143 Å². The van der Waals surface area contributed by atoms with Gasteiger partial charge in [0.1, 0.15) is 0 Å². The van der Waals surface area contributed by atoms with Gasteiger partial charge < -0.3 is 4.90 Å². The summed E-state index contributed by atoms with van der Waals surface area (Å²) in [5.41, 5.74) is 2.50. The number of sulfonamides is 1. The molecule has 24 heavy (non-hydrogen) atoms. The maximum Gasteiger partial charge on any atom is 0.227 e. The molecular formula is C18H24N2O3S. The molecule has 1 aromatic rings. The molecule has 130 valence electrons. The van der Waals surface area contributed by atoms with Crippen molar-refractivity contribution in [1.82, 2.24) is 9.21 Å². The lowest BCUT2D eigenvalue weighted by atomic mass is 9.77. The highest BCUT2D eigenvalue weighted by Gasteiger charge is 2.49. The molecule has 6 heteroatoms. The minimum Gasteiger partial charge on any atom is -0.335 e. The van der Waals surface area contributed by atoms with Crippen molar-refractivity contribution in [2.24, 2.45) is 5.92 Å². The van der Waals surface area contributed by atoms with Crippen LogP contribution in [0.3, 0.4) is 0 Å². The average Bonchev–Trinajstić information content (AvgIpc) is 2.61. The third-order valence-corrected chi connectivity index (χ3v) is 7.83. The molecule has 3 aliphatic rings. The van der Waals surface area contributed by atoms with Crippen LogP contribution >= 0.6 is 0 Å². The summed E-state index contributed by atoms with van der Waals surface area (Å²) in [6, 6.07) is 8.13. The highest BCUT2D eigenvalue weighted by atomic mass is 32.2. The largest absolute Gasteiger partial charge is 0.335 e. The number of rotatable bonds is 2. The van der Waals surface area contributed by atoms with Gasteiger partial charge in [-0.15, -0.1) is 0 Å². The lowest BCUT2D eigenvalue weighted by molar-refractivity contribution is -0.147. The van der Waals surface area contributed by atoms with Crippen LogP contribution < -0.4 is 0 Å². The second-order valence-electron chi connectivity index (χ2n) is 7.06. The van der Waals surface area contributed by atoms with Gasteiger partial charge in [0.2, 0.25) is 15.9 Å². The van der Waals surface area contributed by atoms with Crippen molar-refractivity contribution >= 4 is 15.9 Å². The standard InChI is InChI=1S/C18H24N2O3S/c1-2-24(22,23)20-10-5-8-15-17(20)12-16-14-7-4-3-6-13(14)9-11-19(16)18(15)21/h3-4,6-7,15-17H,2,5,8-12H2,1H3. The van der Waals surface area contributed by atoms with Gasteiger partial charge in [0, 0.05) is 19.1 Å². The van der Waals surface area contributed by atoms with Crippen LogP contribution in [0, 0.1) is 5.92 Å². The van der Waals surface area contributed by atoms with Crippen molar-refractivity contribution in [2.45, 2.75) is 44.7 Å². The zero-order valence-electron chi connectivity index (χ0n) is 14.0. The third-order valence-electron chi connectivity index (χ3n) is 5.93. The number of piperidine rings is 2. The maximum atomic E-state index is 13.1. The molecule has 1 amide bonds. The van der Waals surface area contributed by atoms with Gasteiger partial charge in [-0.25, -0.2) is 8.42 Å². The van der Waals surface area contributed by atoms with E-state index in [-0.39, 0.29) is 29.7 Å². The average molecular weight is 348 g/mol. The molecule has 1 aromatic carbocycles. The molecule has 0 N–H and O–H groups in total. The Hall–Kier alpha value is -1.40. The van der Waals surface area contributed by atoms with E-state index in [0.717, 1.165) is 32.2 Å². The van der Waals surface area contributed by atoms with Gasteiger partial charge in [-0.2, -0.15) is 4.31 Å². The number of carbonyl (C=O) groups is 1. The predicted molar refractivity (Wildman–Crippen MR) is 91.9 cm³/mol. The fourth-order valence-electron chi connectivity index (χ4n) is 4.72. The van der Waals surface area contributed by atoms with Gasteiger partial charge in [0.15, 0.2) is 0 Å².